The van der Waals surface area contributed by atoms with Crippen LogP contribution in [0.1, 0.15) is 18.1 Å². The first-order valence-electron chi connectivity index (χ1n) is 7.58. The summed E-state index contributed by atoms with van der Waals surface area (Å²) in [6.07, 6.45) is 2.50. The van der Waals surface area contributed by atoms with Crippen molar-refractivity contribution in [1.82, 2.24) is 0 Å². The van der Waals surface area contributed by atoms with Gasteiger partial charge in [0.2, 0.25) is 0 Å². The maximum absolute atomic E-state index is 12.1. The van der Waals surface area contributed by atoms with Crippen LogP contribution in [0.3, 0.4) is 0 Å². The van der Waals surface area contributed by atoms with Gasteiger partial charge in [0.25, 0.3) is 0 Å². The minimum atomic E-state index is -1.04. The van der Waals surface area contributed by atoms with Crippen molar-refractivity contribution in [3.63, 3.8) is 0 Å². The summed E-state index contributed by atoms with van der Waals surface area (Å²) in [6, 6.07) is 14.3. The fourth-order valence-corrected chi connectivity index (χ4v) is 2.87. The minimum absolute atomic E-state index is 0.316. The van der Waals surface area contributed by atoms with E-state index >= 15 is 0 Å². The van der Waals surface area contributed by atoms with Crippen LogP contribution in [0.15, 0.2) is 48.5 Å². The summed E-state index contributed by atoms with van der Waals surface area (Å²) in [6.45, 7) is 2.04. The molecule has 0 aliphatic rings. The van der Waals surface area contributed by atoms with E-state index in [1.165, 1.54) is 0 Å². The molecule has 1 atom stereocenters. The number of hydrogen-bond acceptors (Lipinski definition) is 3. The van der Waals surface area contributed by atoms with Crippen LogP contribution >= 0.6 is 0 Å². The van der Waals surface area contributed by atoms with Gasteiger partial charge in [-0.05, 0) is 35.7 Å². The lowest BCUT2D eigenvalue weighted by molar-refractivity contribution is -0.133. The van der Waals surface area contributed by atoms with E-state index in [2.05, 4.69) is 10.6 Å². The molecule has 0 aliphatic carbocycles. The molecule has 126 valence electrons. The van der Waals surface area contributed by atoms with Crippen molar-refractivity contribution in [3.8, 4) is 0 Å². The molecule has 5 nitrogen and oxygen atoms in total. The lowest BCUT2D eigenvalue weighted by Gasteiger charge is -2.10. The molecule has 0 aliphatic heterocycles. The van der Waals surface area contributed by atoms with Gasteiger partial charge in [-0.3, -0.25) is 13.8 Å². The molecule has 0 heterocycles. The molecule has 2 aromatic rings. The number of hydrogen-bond donors (Lipinski definition) is 2. The number of benzene rings is 2. The number of anilines is 2. The number of rotatable bonds is 5. The molecule has 24 heavy (non-hydrogen) atoms. The first-order valence-corrected chi connectivity index (χ1v) is 9.31. The van der Waals surface area contributed by atoms with Crippen molar-refractivity contribution >= 4 is 34.0 Å². The van der Waals surface area contributed by atoms with Crippen LogP contribution in [0.2, 0.25) is 0 Å². The Morgan fingerprint density at radius 2 is 1.58 bits per heavy atom. The summed E-state index contributed by atoms with van der Waals surface area (Å²) in [7, 11) is -1.04. The fourth-order valence-electron chi connectivity index (χ4n) is 2.18. The van der Waals surface area contributed by atoms with Crippen molar-refractivity contribution in [2.45, 2.75) is 19.1 Å². The fraction of sp³-hybridized carbons (Fsp3) is 0.222. The SMILES string of the molecule is CCc1ccc(NC(=O)C(=O)Nc2ccccc2C[S@](C)=O)cc1. The number of para-hydroxylation sites is 1. The van der Waals surface area contributed by atoms with Gasteiger partial charge in [0.15, 0.2) is 0 Å². The zero-order valence-electron chi connectivity index (χ0n) is 13.7. The van der Waals surface area contributed by atoms with E-state index in [1.54, 1.807) is 42.7 Å². The Kier molecular flexibility index (Phi) is 6.26. The molecule has 0 bridgehead atoms. The summed E-state index contributed by atoms with van der Waals surface area (Å²) in [4.78, 5) is 24.1. The van der Waals surface area contributed by atoms with Crippen LogP contribution in [0, 0.1) is 0 Å². The number of amides is 2. The van der Waals surface area contributed by atoms with Crippen LogP contribution in [0.25, 0.3) is 0 Å². The van der Waals surface area contributed by atoms with E-state index in [9.17, 15) is 13.8 Å². The van der Waals surface area contributed by atoms with Crippen LogP contribution in [-0.4, -0.2) is 22.3 Å². The normalized spacial score (nSPS) is 11.6. The zero-order valence-corrected chi connectivity index (χ0v) is 14.5. The maximum Gasteiger partial charge on any atom is 0.314 e. The largest absolute Gasteiger partial charge is 0.318 e. The molecule has 2 amide bonds. The Morgan fingerprint density at radius 3 is 2.21 bits per heavy atom. The molecule has 6 heteroatoms. The molecule has 2 rings (SSSR count). The van der Waals surface area contributed by atoms with Crippen molar-refractivity contribution < 1.29 is 13.8 Å². The van der Waals surface area contributed by atoms with E-state index in [0.717, 1.165) is 17.5 Å². The summed E-state index contributed by atoms with van der Waals surface area (Å²) in [5, 5.41) is 5.14. The molecular formula is C18H20N2O3S. The Labute approximate surface area is 143 Å². The Bertz CT molecular complexity index is 757. The van der Waals surface area contributed by atoms with Gasteiger partial charge in [-0.25, -0.2) is 0 Å². The lowest BCUT2D eigenvalue weighted by Crippen LogP contribution is -2.29. The monoisotopic (exact) mass is 344 g/mol. The van der Waals surface area contributed by atoms with E-state index in [1.807, 2.05) is 19.1 Å². The first kappa shape index (κ1) is 17.9. The lowest BCUT2D eigenvalue weighted by atomic mass is 10.1. The van der Waals surface area contributed by atoms with Gasteiger partial charge in [-0.15, -0.1) is 0 Å². The van der Waals surface area contributed by atoms with Gasteiger partial charge < -0.3 is 10.6 Å². The standard InChI is InChI=1S/C18H20N2O3S/c1-3-13-8-10-15(11-9-13)19-17(21)18(22)20-16-7-5-4-6-14(16)12-24(2)23/h4-11H,3,12H2,1-2H3,(H,19,21)(H,20,22)/t24-/m0/s1. The molecular weight excluding hydrogens is 324 g/mol. The average Bonchev–Trinajstić information content (AvgIpc) is 2.56. The molecule has 2 N–H and O–H groups in total. The highest BCUT2D eigenvalue weighted by atomic mass is 32.2. The molecule has 0 aromatic heterocycles. The molecule has 0 radical (unpaired) electrons. The number of carbonyl (C=O) groups is 2. The summed E-state index contributed by atoms with van der Waals surface area (Å²) >= 11 is 0. The molecule has 0 fully saturated rings. The van der Waals surface area contributed by atoms with E-state index in [-0.39, 0.29) is 0 Å². The molecule has 0 saturated carbocycles. The topological polar surface area (TPSA) is 75.3 Å². The summed E-state index contributed by atoms with van der Waals surface area (Å²) in [5.74, 6) is -1.19. The molecule has 0 unspecified atom stereocenters. The maximum atomic E-state index is 12.1. The second-order valence-electron chi connectivity index (χ2n) is 5.33. The Hall–Kier alpha value is -2.47. The highest BCUT2D eigenvalue weighted by Gasteiger charge is 2.15. The number of aryl methyl sites for hydroxylation is 1. The van der Waals surface area contributed by atoms with Gasteiger partial charge in [0.05, 0.1) is 5.75 Å². The smallest absolute Gasteiger partial charge is 0.314 e. The molecule has 0 saturated heterocycles. The number of carbonyl (C=O) groups excluding carboxylic acids is 2. The minimum Gasteiger partial charge on any atom is -0.318 e. The van der Waals surface area contributed by atoms with Crippen molar-refractivity contribution in [3.05, 3.63) is 59.7 Å². The van der Waals surface area contributed by atoms with Gasteiger partial charge in [0.1, 0.15) is 0 Å². The van der Waals surface area contributed by atoms with E-state index in [4.69, 9.17) is 0 Å². The predicted molar refractivity (Wildman–Crippen MR) is 97.3 cm³/mol. The third-order valence-electron chi connectivity index (χ3n) is 3.45. The van der Waals surface area contributed by atoms with Crippen LogP contribution in [-0.2, 0) is 32.6 Å². The van der Waals surface area contributed by atoms with Crippen molar-refractivity contribution in [2.24, 2.45) is 0 Å². The Balaban J connectivity index is 2.03. The molecule has 2 aromatic carbocycles. The Morgan fingerprint density at radius 1 is 0.958 bits per heavy atom. The van der Waals surface area contributed by atoms with Crippen LogP contribution in [0.5, 0.6) is 0 Å². The highest BCUT2D eigenvalue weighted by Crippen LogP contribution is 2.17. The van der Waals surface area contributed by atoms with Crippen molar-refractivity contribution in [2.75, 3.05) is 16.9 Å². The summed E-state index contributed by atoms with van der Waals surface area (Å²) < 4.78 is 11.4. The average molecular weight is 344 g/mol. The van der Waals surface area contributed by atoms with Crippen LogP contribution in [0.4, 0.5) is 11.4 Å². The zero-order chi connectivity index (χ0) is 17.5. The second-order valence-corrected chi connectivity index (χ2v) is 6.77. The van der Waals surface area contributed by atoms with Gasteiger partial charge in [0, 0.05) is 28.4 Å². The van der Waals surface area contributed by atoms with Gasteiger partial charge in [-0.2, -0.15) is 0 Å². The van der Waals surface area contributed by atoms with Gasteiger partial charge in [-0.1, -0.05) is 37.3 Å². The van der Waals surface area contributed by atoms with E-state index in [0.29, 0.717) is 17.1 Å². The van der Waals surface area contributed by atoms with Gasteiger partial charge >= 0.3 is 11.8 Å². The highest BCUT2D eigenvalue weighted by molar-refractivity contribution is 7.83. The van der Waals surface area contributed by atoms with E-state index < -0.39 is 22.6 Å². The predicted octanol–water partition coefficient (Wildman–Crippen LogP) is 2.70. The quantitative estimate of drug-likeness (QED) is 0.819. The van der Waals surface area contributed by atoms with Crippen molar-refractivity contribution in [1.29, 1.82) is 0 Å². The number of nitrogens with one attached hydrogen (secondary N) is 2. The third kappa shape index (κ3) is 5.03. The van der Waals surface area contributed by atoms with Crippen LogP contribution < -0.4 is 10.6 Å². The molecule has 0 spiro atoms. The summed E-state index contributed by atoms with van der Waals surface area (Å²) in [5.41, 5.74) is 2.94. The third-order valence-corrected chi connectivity index (χ3v) is 4.17. The second kappa shape index (κ2) is 8.40. The first-order chi connectivity index (χ1) is 11.5.